The third-order valence-electron chi connectivity index (χ3n) is 6.81. The molecule has 4 aromatic rings. The lowest BCUT2D eigenvalue weighted by atomic mass is 9.96. The van der Waals surface area contributed by atoms with Crippen molar-refractivity contribution in [1.82, 2.24) is 5.32 Å². The van der Waals surface area contributed by atoms with Gasteiger partial charge in [0.15, 0.2) is 0 Å². The van der Waals surface area contributed by atoms with Gasteiger partial charge >= 0.3 is 0 Å². The predicted molar refractivity (Wildman–Crippen MR) is 178 cm³/mol. The molecule has 7 nitrogen and oxygen atoms in total. The molecular weight excluding hydrogens is 635 g/mol. The summed E-state index contributed by atoms with van der Waals surface area (Å²) in [6.45, 7) is 0. The fourth-order valence-corrected chi connectivity index (χ4v) is 7.05. The molecule has 1 heterocycles. The van der Waals surface area contributed by atoms with Crippen LogP contribution in [0.1, 0.15) is 44.8 Å². The minimum atomic E-state index is -0.573. The first-order valence-corrected chi connectivity index (χ1v) is 16.3. The van der Waals surface area contributed by atoms with Crippen LogP contribution in [0.15, 0.2) is 83.4 Å². The molecule has 0 bridgehead atoms. The maximum atomic E-state index is 13.4. The second-order valence-corrected chi connectivity index (χ2v) is 12.8. The number of amides is 3. The van der Waals surface area contributed by atoms with E-state index in [0.29, 0.717) is 32.4 Å². The minimum absolute atomic E-state index is 0.0348. The number of nitriles is 1. The Hall–Kier alpha value is -4.07. The summed E-state index contributed by atoms with van der Waals surface area (Å²) in [5, 5.41) is 19.2. The number of benzene rings is 3. The summed E-state index contributed by atoms with van der Waals surface area (Å²) in [4.78, 5) is 41.1. The van der Waals surface area contributed by atoms with Crippen LogP contribution in [-0.2, 0) is 22.4 Å². The van der Waals surface area contributed by atoms with Crippen LogP contribution in [0, 0.1) is 11.3 Å². The van der Waals surface area contributed by atoms with E-state index in [9.17, 15) is 19.6 Å². The van der Waals surface area contributed by atoms with Gasteiger partial charge in [0.1, 0.15) is 16.8 Å². The number of halogens is 2. The maximum Gasteiger partial charge on any atom is 0.272 e. The molecule has 0 saturated heterocycles. The van der Waals surface area contributed by atoms with E-state index < -0.39 is 11.8 Å². The Morgan fingerprint density at radius 1 is 0.955 bits per heavy atom. The van der Waals surface area contributed by atoms with E-state index in [0.717, 1.165) is 36.1 Å². The third-order valence-corrected chi connectivity index (χ3v) is 9.84. The van der Waals surface area contributed by atoms with Gasteiger partial charge in [-0.25, -0.2) is 0 Å². The SMILES string of the molecule is N#Cc1c(NC(=O)CSc2cccc(NC(=O)/C(=C\c3cccc(Cl)c3Cl)NC(=O)c3ccccc3)c2)sc2c1CCCC2. The van der Waals surface area contributed by atoms with Crippen molar-refractivity contribution in [2.75, 3.05) is 16.4 Å². The Morgan fingerprint density at radius 3 is 2.52 bits per heavy atom. The fourth-order valence-electron chi connectivity index (χ4n) is 4.68. The zero-order valence-corrected chi connectivity index (χ0v) is 26.4. The first-order chi connectivity index (χ1) is 21.3. The van der Waals surface area contributed by atoms with Crippen LogP contribution < -0.4 is 16.0 Å². The molecule has 3 aromatic carbocycles. The van der Waals surface area contributed by atoms with Crippen molar-refractivity contribution in [2.24, 2.45) is 0 Å². The number of carbonyl (C=O) groups excluding carboxylic acids is 3. The lowest BCUT2D eigenvalue weighted by molar-refractivity contribution is -0.114. The molecule has 0 atom stereocenters. The molecule has 0 spiro atoms. The quantitative estimate of drug-likeness (QED) is 0.125. The molecular formula is C33H26Cl2N4O3S2. The van der Waals surface area contributed by atoms with Gasteiger partial charge in [0.05, 0.1) is 21.4 Å². The summed E-state index contributed by atoms with van der Waals surface area (Å²) < 4.78 is 0. The maximum absolute atomic E-state index is 13.4. The number of nitrogens with zero attached hydrogens (tertiary/aromatic N) is 1. The molecule has 0 unspecified atom stereocenters. The monoisotopic (exact) mass is 660 g/mol. The van der Waals surface area contributed by atoms with Crippen molar-refractivity contribution in [1.29, 1.82) is 5.26 Å². The van der Waals surface area contributed by atoms with Gasteiger partial charge in [0.2, 0.25) is 5.91 Å². The Morgan fingerprint density at radius 2 is 1.73 bits per heavy atom. The van der Waals surface area contributed by atoms with Crippen molar-refractivity contribution < 1.29 is 14.4 Å². The van der Waals surface area contributed by atoms with Gasteiger partial charge in [-0.15, -0.1) is 23.1 Å². The van der Waals surface area contributed by atoms with Crippen LogP contribution in [0.4, 0.5) is 10.7 Å². The number of thioether (sulfide) groups is 1. The number of aryl methyl sites for hydroxylation is 1. The number of carbonyl (C=O) groups is 3. The van der Waals surface area contributed by atoms with Crippen LogP contribution in [0.5, 0.6) is 0 Å². The molecule has 1 aliphatic rings. The van der Waals surface area contributed by atoms with Crippen LogP contribution in [0.3, 0.4) is 0 Å². The molecule has 5 rings (SSSR count). The molecule has 1 aromatic heterocycles. The van der Waals surface area contributed by atoms with Gasteiger partial charge in [-0.1, -0.05) is 59.6 Å². The molecule has 44 heavy (non-hydrogen) atoms. The van der Waals surface area contributed by atoms with Gasteiger partial charge in [-0.2, -0.15) is 5.26 Å². The van der Waals surface area contributed by atoms with E-state index in [2.05, 4.69) is 22.0 Å². The van der Waals surface area contributed by atoms with Gasteiger partial charge in [0, 0.05) is 21.0 Å². The number of thiophene rings is 1. The van der Waals surface area contributed by atoms with Gasteiger partial charge in [-0.3, -0.25) is 14.4 Å². The van der Waals surface area contributed by atoms with Gasteiger partial charge < -0.3 is 16.0 Å². The highest BCUT2D eigenvalue weighted by Crippen LogP contribution is 2.38. The number of hydrogen-bond donors (Lipinski definition) is 3. The molecule has 0 saturated carbocycles. The zero-order valence-electron chi connectivity index (χ0n) is 23.3. The summed E-state index contributed by atoms with van der Waals surface area (Å²) in [6.07, 6.45) is 5.43. The minimum Gasteiger partial charge on any atom is -0.321 e. The number of fused-ring (bicyclic) bond motifs is 1. The van der Waals surface area contributed by atoms with Crippen LogP contribution in [0.25, 0.3) is 6.08 Å². The highest BCUT2D eigenvalue weighted by atomic mass is 35.5. The first-order valence-electron chi connectivity index (χ1n) is 13.7. The second kappa shape index (κ2) is 14.6. The zero-order chi connectivity index (χ0) is 31.1. The number of nitrogens with one attached hydrogen (secondary N) is 3. The van der Waals surface area contributed by atoms with E-state index in [1.165, 1.54) is 34.1 Å². The van der Waals surface area contributed by atoms with Crippen molar-refractivity contribution in [3.63, 3.8) is 0 Å². The average Bonchev–Trinajstić information content (AvgIpc) is 3.39. The van der Waals surface area contributed by atoms with E-state index in [-0.39, 0.29) is 22.4 Å². The molecule has 0 aliphatic heterocycles. The standard InChI is InChI=1S/C33H26Cl2N4O3S2/c34-26-14-6-10-21(30(26)35)16-27(38-31(41)20-8-2-1-3-9-20)32(42)37-22-11-7-12-23(17-22)43-19-29(40)39-33-25(18-36)24-13-4-5-15-28(24)44-33/h1-3,6-12,14,16-17H,4-5,13,15,19H2,(H,37,42)(H,38,41)(H,39,40)/b27-16+. The van der Waals surface area contributed by atoms with Gasteiger partial charge in [0.25, 0.3) is 11.8 Å². The average molecular weight is 662 g/mol. The molecule has 222 valence electrons. The molecule has 3 amide bonds. The number of anilines is 2. The highest BCUT2D eigenvalue weighted by Gasteiger charge is 2.22. The van der Waals surface area contributed by atoms with Crippen molar-refractivity contribution >= 4 is 80.8 Å². The summed E-state index contributed by atoms with van der Waals surface area (Å²) in [6, 6.07) is 22.8. The molecule has 0 fully saturated rings. The van der Waals surface area contributed by atoms with Gasteiger partial charge in [-0.05, 0) is 79.3 Å². The second-order valence-electron chi connectivity index (χ2n) is 9.87. The molecule has 1 aliphatic carbocycles. The fraction of sp³-hybridized carbons (Fsp3) is 0.152. The molecule has 11 heteroatoms. The normalized spacial score (nSPS) is 12.5. The Balaban J connectivity index is 1.28. The van der Waals surface area contributed by atoms with E-state index in [1.54, 1.807) is 66.7 Å². The Labute approximate surface area is 273 Å². The van der Waals surface area contributed by atoms with Crippen molar-refractivity contribution in [3.8, 4) is 6.07 Å². The van der Waals surface area contributed by atoms with Crippen LogP contribution >= 0.6 is 46.3 Å². The Bertz CT molecular complexity index is 1800. The lowest BCUT2D eigenvalue weighted by Crippen LogP contribution is -2.30. The summed E-state index contributed by atoms with van der Waals surface area (Å²) in [7, 11) is 0. The summed E-state index contributed by atoms with van der Waals surface area (Å²) in [5.41, 5.74) is 2.92. The summed E-state index contributed by atoms with van der Waals surface area (Å²) >= 11 is 15.3. The number of rotatable bonds is 9. The predicted octanol–water partition coefficient (Wildman–Crippen LogP) is 7.95. The van der Waals surface area contributed by atoms with E-state index in [4.69, 9.17) is 23.2 Å². The topological polar surface area (TPSA) is 111 Å². The van der Waals surface area contributed by atoms with Crippen LogP contribution in [0.2, 0.25) is 10.0 Å². The highest BCUT2D eigenvalue weighted by molar-refractivity contribution is 8.00. The Kier molecular flexibility index (Phi) is 10.4. The van der Waals surface area contributed by atoms with E-state index >= 15 is 0 Å². The number of hydrogen-bond acceptors (Lipinski definition) is 6. The largest absolute Gasteiger partial charge is 0.321 e. The first kappa shape index (κ1) is 31.4. The van der Waals surface area contributed by atoms with Crippen LogP contribution in [-0.4, -0.2) is 23.5 Å². The third kappa shape index (κ3) is 7.71. The van der Waals surface area contributed by atoms with Crippen molar-refractivity contribution in [2.45, 2.75) is 30.6 Å². The van der Waals surface area contributed by atoms with Crippen molar-refractivity contribution in [3.05, 3.63) is 116 Å². The molecule has 3 N–H and O–H groups in total. The summed E-state index contributed by atoms with van der Waals surface area (Å²) in [5.74, 6) is -1.13. The lowest BCUT2D eigenvalue weighted by Gasteiger charge is -2.13. The van der Waals surface area contributed by atoms with E-state index in [1.807, 2.05) is 6.07 Å². The smallest absolute Gasteiger partial charge is 0.272 e. The molecule has 0 radical (unpaired) electrons.